The van der Waals surface area contributed by atoms with E-state index >= 15 is 0 Å². The monoisotopic (exact) mass is 315 g/mol. The highest BCUT2D eigenvalue weighted by Crippen LogP contribution is 2.20. The van der Waals surface area contributed by atoms with E-state index in [1.165, 1.54) is 25.3 Å². The largest absolute Gasteiger partial charge is 0.314 e. The van der Waals surface area contributed by atoms with Gasteiger partial charge in [0.25, 0.3) is 0 Å². The number of hydrogen-bond donors (Lipinski definition) is 1. The SMILES string of the molecule is CCCCCC(Cc1cc(F)ccc1Br)NCC. The van der Waals surface area contributed by atoms with E-state index in [2.05, 4.69) is 35.1 Å². The van der Waals surface area contributed by atoms with E-state index in [-0.39, 0.29) is 5.82 Å². The fourth-order valence-corrected chi connectivity index (χ4v) is 2.58. The third-order valence-electron chi connectivity index (χ3n) is 3.12. The maximum Gasteiger partial charge on any atom is 0.123 e. The Morgan fingerprint density at radius 1 is 1.28 bits per heavy atom. The van der Waals surface area contributed by atoms with Crippen LogP contribution in [0.2, 0.25) is 0 Å². The smallest absolute Gasteiger partial charge is 0.123 e. The molecule has 1 atom stereocenters. The fourth-order valence-electron chi connectivity index (χ4n) is 2.17. The Bertz CT molecular complexity index is 354. The highest BCUT2D eigenvalue weighted by molar-refractivity contribution is 9.10. The van der Waals surface area contributed by atoms with E-state index in [0.717, 1.165) is 29.4 Å². The van der Waals surface area contributed by atoms with Gasteiger partial charge in [0.05, 0.1) is 0 Å². The zero-order valence-electron chi connectivity index (χ0n) is 11.3. The van der Waals surface area contributed by atoms with E-state index in [1.807, 2.05) is 0 Å². The summed E-state index contributed by atoms with van der Waals surface area (Å²) in [6, 6.07) is 5.36. The average Bonchev–Trinajstić information content (AvgIpc) is 2.34. The predicted molar refractivity (Wildman–Crippen MR) is 79.4 cm³/mol. The Labute approximate surface area is 118 Å². The number of benzene rings is 1. The summed E-state index contributed by atoms with van der Waals surface area (Å²) in [5.74, 6) is -0.156. The molecular weight excluding hydrogens is 293 g/mol. The predicted octanol–water partition coefficient (Wildman–Crippen LogP) is 4.69. The van der Waals surface area contributed by atoms with Crippen LogP contribution >= 0.6 is 15.9 Å². The van der Waals surface area contributed by atoms with Gasteiger partial charge in [-0.3, -0.25) is 0 Å². The number of likely N-dealkylation sites (N-methyl/N-ethyl adjacent to an activating group) is 1. The zero-order chi connectivity index (χ0) is 13.4. The summed E-state index contributed by atoms with van der Waals surface area (Å²) < 4.78 is 14.3. The van der Waals surface area contributed by atoms with Crippen molar-refractivity contribution >= 4 is 15.9 Å². The lowest BCUT2D eigenvalue weighted by Crippen LogP contribution is -2.31. The lowest BCUT2D eigenvalue weighted by atomic mass is 10.0. The second kappa shape index (κ2) is 8.65. The molecule has 102 valence electrons. The third-order valence-corrected chi connectivity index (χ3v) is 3.90. The van der Waals surface area contributed by atoms with E-state index < -0.39 is 0 Å². The summed E-state index contributed by atoms with van der Waals surface area (Å²) in [5, 5.41) is 3.49. The maximum atomic E-state index is 13.2. The molecule has 0 amide bonds. The molecule has 0 aliphatic carbocycles. The fraction of sp³-hybridized carbons (Fsp3) is 0.600. The van der Waals surface area contributed by atoms with Gasteiger partial charge in [0, 0.05) is 10.5 Å². The molecule has 1 rings (SSSR count). The minimum Gasteiger partial charge on any atom is -0.314 e. The molecule has 0 radical (unpaired) electrons. The summed E-state index contributed by atoms with van der Waals surface area (Å²) in [7, 11) is 0. The van der Waals surface area contributed by atoms with E-state index in [9.17, 15) is 4.39 Å². The molecule has 18 heavy (non-hydrogen) atoms. The van der Waals surface area contributed by atoms with Crippen LogP contribution in [0.15, 0.2) is 22.7 Å². The van der Waals surface area contributed by atoms with Crippen LogP contribution in [-0.4, -0.2) is 12.6 Å². The molecule has 0 aromatic heterocycles. The van der Waals surface area contributed by atoms with E-state index in [4.69, 9.17) is 0 Å². The van der Waals surface area contributed by atoms with Crippen LogP contribution in [0.3, 0.4) is 0 Å². The summed E-state index contributed by atoms with van der Waals surface area (Å²) in [5.41, 5.74) is 1.05. The van der Waals surface area contributed by atoms with Gasteiger partial charge in [0.2, 0.25) is 0 Å². The van der Waals surface area contributed by atoms with Gasteiger partial charge in [0.15, 0.2) is 0 Å². The Morgan fingerprint density at radius 2 is 2.06 bits per heavy atom. The molecule has 0 saturated carbocycles. The summed E-state index contributed by atoms with van der Waals surface area (Å²) in [6.07, 6.45) is 5.79. The van der Waals surface area contributed by atoms with Crippen molar-refractivity contribution in [1.82, 2.24) is 5.32 Å². The molecule has 0 heterocycles. The number of rotatable bonds is 8. The Balaban J connectivity index is 2.60. The molecule has 1 unspecified atom stereocenters. The van der Waals surface area contributed by atoms with Gasteiger partial charge in [-0.2, -0.15) is 0 Å². The first-order valence-electron chi connectivity index (χ1n) is 6.84. The molecule has 1 aromatic rings. The van der Waals surface area contributed by atoms with Gasteiger partial charge in [-0.1, -0.05) is 49.0 Å². The lowest BCUT2D eigenvalue weighted by Gasteiger charge is -2.18. The minimum absolute atomic E-state index is 0.156. The highest BCUT2D eigenvalue weighted by Gasteiger charge is 2.11. The number of halogens is 2. The van der Waals surface area contributed by atoms with Crippen LogP contribution in [-0.2, 0) is 6.42 Å². The first kappa shape index (κ1) is 15.6. The molecule has 1 nitrogen and oxygen atoms in total. The van der Waals surface area contributed by atoms with Gasteiger partial charge in [0.1, 0.15) is 5.82 Å². The molecule has 0 spiro atoms. The van der Waals surface area contributed by atoms with Crippen molar-refractivity contribution in [2.75, 3.05) is 6.54 Å². The van der Waals surface area contributed by atoms with Crippen molar-refractivity contribution < 1.29 is 4.39 Å². The van der Waals surface area contributed by atoms with Crippen molar-refractivity contribution in [1.29, 1.82) is 0 Å². The summed E-state index contributed by atoms with van der Waals surface area (Å²) >= 11 is 3.50. The van der Waals surface area contributed by atoms with Crippen molar-refractivity contribution in [2.45, 2.75) is 52.0 Å². The molecule has 0 aliphatic heterocycles. The van der Waals surface area contributed by atoms with Crippen molar-refractivity contribution in [3.05, 3.63) is 34.1 Å². The quantitative estimate of drug-likeness (QED) is 0.686. The Morgan fingerprint density at radius 3 is 2.72 bits per heavy atom. The standard InChI is InChI=1S/C15H23BrFN/c1-3-5-6-7-14(18-4-2)11-12-10-13(17)8-9-15(12)16/h8-10,14,18H,3-7,11H2,1-2H3. The van der Waals surface area contributed by atoms with Gasteiger partial charge in [-0.15, -0.1) is 0 Å². The first-order valence-corrected chi connectivity index (χ1v) is 7.64. The third kappa shape index (κ3) is 5.49. The molecule has 0 aliphatic rings. The van der Waals surface area contributed by atoms with Gasteiger partial charge < -0.3 is 5.32 Å². The highest BCUT2D eigenvalue weighted by atomic mass is 79.9. The van der Waals surface area contributed by atoms with Crippen LogP contribution < -0.4 is 5.32 Å². The van der Waals surface area contributed by atoms with Crippen molar-refractivity contribution in [3.63, 3.8) is 0 Å². The average molecular weight is 316 g/mol. The molecule has 1 aromatic carbocycles. The van der Waals surface area contributed by atoms with Gasteiger partial charge >= 0.3 is 0 Å². The Hall–Kier alpha value is -0.410. The number of hydrogen-bond acceptors (Lipinski definition) is 1. The van der Waals surface area contributed by atoms with Crippen molar-refractivity contribution in [2.24, 2.45) is 0 Å². The van der Waals surface area contributed by atoms with Gasteiger partial charge in [-0.25, -0.2) is 4.39 Å². The topological polar surface area (TPSA) is 12.0 Å². The van der Waals surface area contributed by atoms with Crippen LogP contribution in [0.5, 0.6) is 0 Å². The summed E-state index contributed by atoms with van der Waals surface area (Å²) in [4.78, 5) is 0. The first-order chi connectivity index (χ1) is 8.67. The number of nitrogens with one attached hydrogen (secondary N) is 1. The lowest BCUT2D eigenvalue weighted by molar-refractivity contribution is 0.465. The maximum absolute atomic E-state index is 13.2. The van der Waals surface area contributed by atoms with Crippen LogP contribution in [0.25, 0.3) is 0 Å². The second-order valence-electron chi connectivity index (χ2n) is 4.69. The molecular formula is C15H23BrFN. The van der Waals surface area contributed by atoms with Crippen LogP contribution in [0.1, 0.15) is 45.1 Å². The van der Waals surface area contributed by atoms with E-state index in [0.29, 0.717) is 6.04 Å². The minimum atomic E-state index is -0.156. The number of unbranched alkanes of at least 4 members (excludes halogenated alkanes) is 2. The molecule has 3 heteroatoms. The van der Waals surface area contributed by atoms with Gasteiger partial charge in [-0.05, 0) is 43.1 Å². The molecule has 0 saturated heterocycles. The molecule has 0 bridgehead atoms. The zero-order valence-corrected chi connectivity index (χ0v) is 12.9. The Kier molecular flexibility index (Phi) is 7.52. The molecule has 0 fully saturated rings. The van der Waals surface area contributed by atoms with Crippen LogP contribution in [0, 0.1) is 5.82 Å². The van der Waals surface area contributed by atoms with E-state index in [1.54, 1.807) is 12.1 Å². The van der Waals surface area contributed by atoms with Crippen molar-refractivity contribution in [3.8, 4) is 0 Å². The second-order valence-corrected chi connectivity index (χ2v) is 5.54. The van der Waals surface area contributed by atoms with Crippen LogP contribution in [0.4, 0.5) is 4.39 Å². The molecule has 1 N–H and O–H groups in total. The summed E-state index contributed by atoms with van der Waals surface area (Å²) in [6.45, 7) is 5.29. The normalized spacial score (nSPS) is 12.7.